The summed E-state index contributed by atoms with van der Waals surface area (Å²) in [5, 5.41) is 5.93. The van der Waals surface area contributed by atoms with E-state index in [1.54, 1.807) is 25.3 Å². The van der Waals surface area contributed by atoms with E-state index in [0.29, 0.717) is 23.6 Å². The molecule has 2 aromatic carbocycles. The van der Waals surface area contributed by atoms with Crippen molar-refractivity contribution in [1.29, 1.82) is 0 Å². The van der Waals surface area contributed by atoms with Crippen molar-refractivity contribution < 1.29 is 27.9 Å². The lowest BCUT2D eigenvalue weighted by Crippen LogP contribution is -2.43. The number of furan rings is 1. The summed E-state index contributed by atoms with van der Waals surface area (Å²) in [5.74, 6) is -0.378. The summed E-state index contributed by atoms with van der Waals surface area (Å²) in [6.45, 7) is 0.00625. The molecule has 0 aliphatic carbocycles. The van der Waals surface area contributed by atoms with Gasteiger partial charge >= 0.3 is 0 Å². The van der Waals surface area contributed by atoms with Crippen LogP contribution in [0.5, 0.6) is 5.75 Å². The zero-order chi connectivity index (χ0) is 24.8. The standard InChI is InChI=1S/C26H26FN3O5/c1-33-15-13-29(26(32)20-6-3-4-7-21(20)27)17-25(31)30-23(24-8-5-14-35-24)16-22(28-30)18-9-11-19(34-2)12-10-18/h3-12,14,23H,13,15-17H2,1-2H3. The molecular formula is C26H26FN3O5. The van der Waals surface area contributed by atoms with Gasteiger partial charge in [-0.15, -0.1) is 0 Å². The SMILES string of the molecule is COCCN(CC(=O)N1N=C(c2ccc(OC)cc2)CC1c1ccco1)C(=O)c1ccccc1F. The molecule has 3 aromatic rings. The first-order chi connectivity index (χ1) is 17.0. The number of hydrogen-bond donors (Lipinski definition) is 0. The average Bonchev–Trinajstić information content (AvgIpc) is 3.57. The molecular weight excluding hydrogens is 453 g/mol. The van der Waals surface area contributed by atoms with Crippen LogP contribution in [0.1, 0.15) is 34.1 Å². The first-order valence-electron chi connectivity index (χ1n) is 11.1. The fourth-order valence-electron chi connectivity index (χ4n) is 3.90. The van der Waals surface area contributed by atoms with Gasteiger partial charge in [-0.25, -0.2) is 9.40 Å². The van der Waals surface area contributed by atoms with Crippen molar-refractivity contribution >= 4 is 17.5 Å². The normalized spacial score (nSPS) is 15.1. The lowest BCUT2D eigenvalue weighted by molar-refractivity contribution is -0.134. The van der Waals surface area contributed by atoms with Gasteiger partial charge in [0.2, 0.25) is 0 Å². The monoisotopic (exact) mass is 479 g/mol. The van der Waals surface area contributed by atoms with Crippen LogP contribution in [0.2, 0.25) is 0 Å². The molecule has 2 heterocycles. The van der Waals surface area contributed by atoms with E-state index in [2.05, 4.69) is 5.10 Å². The first kappa shape index (κ1) is 24.2. The summed E-state index contributed by atoms with van der Waals surface area (Å²) in [5.41, 5.74) is 1.44. The van der Waals surface area contributed by atoms with Crippen molar-refractivity contribution in [1.82, 2.24) is 9.91 Å². The third-order valence-corrected chi connectivity index (χ3v) is 5.74. The summed E-state index contributed by atoms with van der Waals surface area (Å²) >= 11 is 0. The molecule has 0 saturated heterocycles. The zero-order valence-electron chi connectivity index (χ0n) is 19.5. The summed E-state index contributed by atoms with van der Waals surface area (Å²) in [6, 6.07) is 16.1. The van der Waals surface area contributed by atoms with E-state index in [1.165, 1.54) is 41.5 Å². The number of carbonyl (C=O) groups is 2. The number of methoxy groups -OCH3 is 2. The molecule has 0 N–H and O–H groups in total. The summed E-state index contributed by atoms with van der Waals surface area (Å²) in [7, 11) is 3.08. The minimum Gasteiger partial charge on any atom is -0.497 e. The number of nitrogens with zero attached hydrogens (tertiary/aromatic N) is 3. The Morgan fingerprint density at radius 2 is 1.89 bits per heavy atom. The number of amides is 2. The minimum atomic E-state index is -0.651. The lowest BCUT2D eigenvalue weighted by Gasteiger charge is -2.26. The topological polar surface area (TPSA) is 84.6 Å². The van der Waals surface area contributed by atoms with E-state index < -0.39 is 23.7 Å². The third-order valence-electron chi connectivity index (χ3n) is 5.74. The number of hydrogen-bond acceptors (Lipinski definition) is 6. The van der Waals surface area contributed by atoms with Crippen molar-refractivity contribution in [3.8, 4) is 5.75 Å². The molecule has 4 rings (SSSR count). The average molecular weight is 480 g/mol. The van der Waals surface area contributed by atoms with Crippen LogP contribution in [0.15, 0.2) is 76.4 Å². The van der Waals surface area contributed by atoms with Gasteiger partial charge < -0.3 is 18.8 Å². The van der Waals surface area contributed by atoms with Gasteiger partial charge in [-0.3, -0.25) is 9.59 Å². The molecule has 182 valence electrons. The summed E-state index contributed by atoms with van der Waals surface area (Å²) in [6.07, 6.45) is 1.97. The molecule has 0 saturated carbocycles. The van der Waals surface area contributed by atoms with Gasteiger partial charge in [0.1, 0.15) is 29.9 Å². The van der Waals surface area contributed by atoms with E-state index in [1.807, 2.05) is 24.3 Å². The second kappa shape index (κ2) is 11.0. The Labute approximate surface area is 202 Å². The van der Waals surface area contributed by atoms with E-state index >= 15 is 0 Å². The number of carbonyl (C=O) groups excluding carboxylic acids is 2. The maximum Gasteiger partial charge on any atom is 0.262 e. The van der Waals surface area contributed by atoms with E-state index in [4.69, 9.17) is 13.9 Å². The predicted molar refractivity (Wildman–Crippen MR) is 127 cm³/mol. The highest BCUT2D eigenvalue weighted by Gasteiger charge is 2.36. The third kappa shape index (κ3) is 5.41. The smallest absolute Gasteiger partial charge is 0.262 e. The lowest BCUT2D eigenvalue weighted by atomic mass is 10.0. The molecule has 8 nitrogen and oxygen atoms in total. The van der Waals surface area contributed by atoms with Crippen LogP contribution < -0.4 is 4.74 Å². The summed E-state index contributed by atoms with van der Waals surface area (Å²) in [4.78, 5) is 27.8. The Morgan fingerprint density at radius 3 is 2.54 bits per heavy atom. The Kier molecular flexibility index (Phi) is 7.57. The number of ether oxygens (including phenoxy) is 2. The zero-order valence-corrected chi connectivity index (χ0v) is 19.5. The molecule has 1 aromatic heterocycles. The molecule has 35 heavy (non-hydrogen) atoms. The Bertz CT molecular complexity index is 1190. The van der Waals surface area contributed by atoms with Gasteiger partial charge in [0.15, 0.2) is 0 Å². The fourth-order valence-corrected chi connectivity index (χ4v) is 3.90. The van der Waals surface area contributed by atoms with Gasteiger partial charge in [0.05, 0.1) is 31.3 Å². The fraction of sp³-hybridized carbons (Fsp3) is 0.269. The summed E-state index contributed by atoms with van der Waals surface area (Å²) < 4.78 is 30.2. The largest absolute Gasteiger partial charge is 0.497 e. The molecule has 1 aliphatic rings. The maximum absolute atomic E-state index is 14.3. The highest BCUT2D eigenvalue weighted by molar-refractivity contribution is 6.03. The molecule has 1 aliphatic heterocycles. The van der Waals surface area contributed by atoms with Crippen LogP contribution in [0.3, 0.4) is 0 Å². The number of hydrazone groups is 1. The van der Waals surface area contributed by atoms with E-state index in [0.717, 1.165) is 5.56 Å². The predicted octanol–water partition coefficient (Wildman–Crippen LogP) is 3.89. The Morgan fingerprint density at radius 1 is 1.11 bits per heavy atom. The Hall–Kier alpha value is -3.98. The van der Waals surface area contributed by atoms with Crippen LogP contribution in [-0.2, 0) is 9.53 Å². The minimum absolute atomic E-state index is 0.108. The van der Waals surface area contributed by atoms with Gasteiger partial charge in [-0.2, -0.15) is 5.10 Å². The second-order valence-corrected chi connectivity index (χ2v) is 7.95. The van der Waals surface area contributed by atoms with Gasteiger partial charge in [-0.05, 0) is 54.1 Å². The molecule has 0 bridgehead atoms. The van der Waals surface area contributed by atoms with Crippen molar-refractivity contribution in [2.75, 3.05) is 33.9 Å². The van der Waals surface area contributed by atoms with Crippen molar-refractivity contribution in [2.24, 2.45) is 5.10 Å². The molecule has 1 unspecified atom stereocenters. The van der Waals surface area contributed by atoms with Crippen LogP contribution in [0.4, 0.5) is 4.39 Å². The van der Waals surface area contributed by atoms with Crippen LogP contribution in [-0.4, -0.2) is 61.4 Å². The van der Waals surface area contributed by atoms with Crippen LogP contribution in [0, 0.1) is 5.82 Å². The molecule has 0 radical (unpaired) electrons. The van der Waals surface area contributed by atoms with Crippen molar-refractivity contribution in [3.05, 3.63) is 89.6 Å². The molecule has 0 fully saturated rings. The highest BCUT2D eigenvalue weighted by Crippen LogP contribution is 2.33. The molecule has 2 amide bonds. The number of benzene rings is 2. The first-order valence-corrected chi connectivity index (χ1v) is 11.1. The number of halogens is 1. The van der Waals surface area contributed by atoms with Gasteiger partial charge in [-0.1, -0.05) is 12.1 Å². The Balaban J connectivity index is 1.60. The molecule has 1 atom stereocenters. The molecule has 0 spiro atoms. The maximum atomic E-state index is 14.3. The quantitative estimate of drug-likeness (QED) is 0.465. The van der Waals surface area contributed by atoms with E-state index in [9.17, 15) is 14.0 Å². The highest BCUT2D eigenvalue weighted by atomic mass is 19.1. The van der Waals surface area contributed by atoms with E-state index in [-0.39, 0.29) is 25.3 Å². The molecule has 9 heteroatoms. The van der Waals surface area contributed by atoms with Crippen LogP contribution in [0.25, 0.3) is 0 Å². The van der Waals surface area contributed by atoms with Crippen molar-refractivity contribution in [2.45, 2.75) is 12.5 Å². The van der Waals surface area contributed by atoms with Crippen molar-refractivity contribution in [3.63, 3.8) is 0 Å². The second-order valence-electron chi connectivity index (χ2n) is 7.95. The van der Waals surface area contributed by atoms with Crippen LogP contribution >= 0.6 is 0 Å². The van der Waals surface area contributed by atoms with Gasteiger partial charge in [0.25, 0.3) is 11.8 Å². The number of rotatable bonds is 9. The van der Waals surface area contributed by atoms with Gasteiger partial charge in [0, 0.05) is 20.1 Å².